The summed E-state index contributed by atoms with van der Waals surface area (Å²) in [6.07, 6.45) is -3.94. The van der Waals surface area contributed by atoms with Gasteiger partial charge in [-0.15, -0.1) is 0 Å². The standard InChI is InChI=1S/C24H42N4O11/c1-13(27-14(2)30)22(35)28-16(8-9-18(25)32)23(36)26-10-6-4-5-7-11-37-24-21(38-15(3)31)20(34)19(33)17(12-29)39-24/h13,16-17,19-21,24,29,33-34H,4-12H2,1-3H3,(H2,25,32)(H,26,36)(H,27,30)(H,28,35)/t13-,16+,17-,19-,20+,21+,24-/m1/s1. The Balaban J connectivity index is 2.42. The number of unbranched alkanes of at least 4 members (excludes halogenated alkanes) is 3. The van der Waals surface area contributed by atoms with E-state index >= 15 is 0 Å². The zero-order chi connectivity index (χ0) is 29.5. The molecule has 224 valence electrons. The summed E-state index contributed by atoms with van der Waals surface area (Å²) >= 11 is 0. The van der Waals surface area contributed by atoms with Gasteiger partial charge in [-0.3, -0.25) is 24.0 Å². The van der Waals surface area contributed by atoms with E-state index in [1.807, 2.05) is 0 Å². The quantitative estimate of drug-likeness (QED) is 0.0712. The number of nitrogens with one attached hydrogen (secondary N) is 3. The average molecular weight is 563 g/mol. The van der Waals surface area contributed by atoms with E-state index in [0.29, 0.717) is 32.2 Å². The van der Waals surface area contributed by atoms with E-state index in [2.05, 4.69) is 16.0 Å². The molecule has 0 spiro atoms. The summed E-state index contributed by atoms with van der Waals surface area (Å²) < 4.78 is 16.1. The lowest BCUT2D eigenvalue weighted by molar-refractivity contribution is -0.304. The van der Waals surface area contributed by atoms with Gasteiger partial charge in [-0.2, -0.15) is 0 Å². The van der Waals surface area contributed by atoms with Crippen molar-refractivity contribution in [2.24, 2.45) is 5.73 Å². The van der Waals surface area contributed by atoms with Crippen LogP contribution in [-0.2, 0) is 38.2 Å². The van der Waals surface area contributed by atoms with Gasteiger partial charge in [0.2, 0.25) is 23.6 Å². The van der Waals surface area contributed by atoms with Crippen molar-refractivity contribution in [1.82, 2.24) is 16.0 Å². The van der Waals surface area contributed by atoms with E-state index < -0.39 is 79.0 Å². The first-order valence-corrected chi connectivity index (χ1v) is 12.9. The number of hydrogen-bond donors (Lipinski definition) is 7. The topological polar surface area (TPSA) is 236 Å². The third kappa shape index (κ3) is 12.7. The first-order valence-electron chi connectivity index (χ1n) is 12.9. The van der Waals surface area contributed by atoms with Gasteiger partial charge in [0.25, 0.3) is 0 Å². The molecule has 1 saturated heterocycles. The van der Waals surface area contributed by atoms with Crippen LogP contribution < -0.4 is 21.7 Å². The maximum absolute atomic E-state index is 12.6. The Morgan fingerprint density at radius 2 is 1.64 bits per heavy atom. The highest BCUT2D eigenvalue weighted by molar-refractivity contribution is 5.91. The molecule has 39 heavy (non-hydrogen) atoms. The van der Waals surface area contributed by atoms with Crippen LogP contribution in [0.25, 0.3) is 0 Å². The molecule has 1 aliphatic rings. The first-order chi connectivity index (χ1) is 18.4. The monoisotopic (exact) mass is 562 g/mol. The number of carbonyl (C=O) groups is 5. The Hall–Kier alpha value is -2.85. The molecular weight excluding hydrogens is 520 g/mol. The predicted octanol–water partition coefficient (Wildman–Crippen LogP) is -2.67. The summed E-state index contributed by atoms with van der Waals surface area (Å²) in [5, 5.41) is 37.2. The number of hydrogen-bond acceptors (Lipinski definition) is 11. The van der Waals surface area contributed by atoms with Crippen LogP contribution >= 0.6 is 0 Å². The van der Waals surface area contributed by atoms with Gasteiger partial charge in [0.1, 0.15) is 30.4 Å². The van der Waals surface area contributed by atoms with Crippen LogP contribution in [0.15, 0.2) is 0 Å². The van der Waals surface area contributed by atoms with Crippen molar-refractivity contribution in [3.8, 4) is 0 Å². The van der Waals surface area contributed by atoms with Crippen LogP contribution in [-0.4, -0.2) is 107 Å². The van der Waals surface area contributed by atoms with Gasteiger partial charge in [0, 0.05) is 33.4 Å². The van der Waals surface area contributed by atoms with Crippen molar-refractivity contribution in [1.29, 1.82) is 0 Å². The second-order valence-electron chi connectivity index (χ2n) is 9.35. The Morgan fingerprint density at radius 3 is 2.23 bits per heavy atom. The maximum Gasteiger partial charge on any atom is 0.303 e. The molecule has 8 N–H and O–H groups in total. The van der Waals surface area contributed by atoms with Crippen molar-refractivity contribution in [3.63, 3.8) is 0 Å². The van der Waals surface area contributed by atoms with Crippen LogP contribution in [0.4, 0.5) is 0 Å². The number of aliphatic hydroxyl groups excluding tert-OH is 3. The van der Waals surface area contributed by atoms with Crippen LogP contribution in [0.5, 0.6) is 0 Å². The normalized spacial score (nSPS) is 24.2. The summed E-state index contributed by atoms with van der Waals surface area (Å²) in [6.45, 7) is 3.82. The zero-order valence-corrected chi connectivity index (χ0v) is 22.6. The second-order valence-corrected chi connectivity index (χ2v) is 9.35. The molecule has 7 atom stereocenters. The maximum atomic E-state index is 12.6. The van der Waals surface area contributed by atoms with Crippen LogP contribution in [0.2, 0.25) is 0 Å². The molecular formula is C24H42N4O11. The lowest BCUT2D eigenvalue weighted by atomic mass is 9.99. The van der Waals surface area contributed by atoms with Gasteiger partial charge >= 0.3 is 5.97 Å². The van der Waals surface area contributed by atoms with Gasteiger partial charge in [0.15, 0.2) is 12.4 Å². The summed E-state index contributed by atoms with van der Waals surface area (Å²) in [5.74, 6) is -2.75. The highest BCUT2D eigenvalue weighted by Gasteiger charge is 2.46. The van der Waals surface area contributed by atoms with Gasteiger partial charge in [-0.25, -0.2) is 0 Å². The number of amides is 4. The first kappa shape index (κ1) is 34.2. The summed E-state index contributed by atoms with van der Waals surface area (Å²) in [4.78, 5) is 58.5. The molecule has 1 heterocycles. The molecule has 1 rings (SSSR count). The van der Waals surface area contributed by atoms with E-state index in [1.165, 1.54) is 13.8 Å². The fraction of sp³-hybridized carbons (Fsp3) is 0.792. The summed E-state index contributed by atoms with van der Waals surface area (Å²) in [5.41, 5.74) is 5.17. The summed E-state index contributed by atoms with van der Waals surface area (Å²) in [6, 6.07) is -1.85. The van der Waals surface area contributed by atoms with Gasteiger partial charge in [-0.05, 0) is 26.2 Å². The van der Waals surface area contributed by atoms with E-state index in [9.17, 15) is 39.3 Å². The third-order valence-corrected chi connectivity index (χ3v) is 5.90. The molecule has 0 radical (unpaired) electrons. The fourth-order valence-electron chi connectivity index (χ4n) is 3.84. The minimum Gasteiger partial charge on any atom is -0.454 e. The molecule has 4 amide bonds. The van der Waals surface area contributed by atoms with Gasteiger partial charge < -0.3 is 51.2 Å². The minimum atomic E-state index is -1.49. The number of rotatable bonds is 17. The van der Waals surface area contributed by atoms with Crippen molar-refractivity contribution in [3.05, 3.63) is 0 Å². The van der Waals surface area contributed by atoms with Crippen LogP contribution in [0, 0.1) is 0 Å². The molecule has 1 aliphatic heterocycles. The Labute approximate surface area is 227 Å². The van der Waals surface area contributed by atoms with Gasteiger partial charge in [0.05, 0.1) is 6.61 Å². The molecule has 0 bridgehead atoms. The van der Waals surface area contributed by atoms with Gasteiger partial charge in [-0.1, -0.05) is 12.8 Å². The number of esters is 1. The number of ether oxygens (including phenoxy) is 3. The van der Waals surface area contributed by atoms with Crippen molar-refractivity contribution < 1.29 is 53.5 Å². The van der Waals surface area contributed by atoms with Crippen LogP contribution in [0.1, 0.15) is 59.3 Å². The fourth-order valence-corrected chi connectivity index (χ4v) is 3.84. The molecule has 0 saturated carbocycles. The predicted molar refractivity (Wildman–Crippen MR) is 134 cm³/mol. The summed E-state index contributed by atoms with van der Waals surface area (Å²) in [7, 11) is 0. The Bertz CT molecular complexity index is 828. The van der Waals surface area contributed by atoms with Crippen LogP contribution in [0.3, 0.4) is 0 Å². The van der Waals surface area contributed by atoms with E-state index in [1.54, 1.807) is 0 Å². The highest BCUT2D eigenvalue weighted by Crippen LogP contribution is 2.25. The third-order valence-electron chi connectivity index (χ3n) is 5.90. The van der Waals surface area contributed by atoms with E-state index in [-0.39, 0.29) is 19.4 Å². The number of primary amides is 1. The average Bonchev–Trinajstić information content (AvgIpc) is 2.86. The smallest absolute Gasteiger partial charge is 0.303 e. The molecule has 0 aromatic heterocycles. The lowest BCUT2D eigenvalue weighted by Crippen LogP contribution is -2.60. The molecule has 0 aromatic carbocycles. The number of nitrogens with two attached hydrogens (primary N) is 1. The molecule has 1 fully saturated rings. The molecule has 0 aliphatic carbocycles. The van der Waals surface area contributed by atoms with E-state index in [4.69, 9.17) is 19.9 Å². The highest BCUT2D eigenvalue weighted by atomic mass is 16.7. The molecule has 0 unspecified atom stereocenters. The largest absolute Gasteiger partial charge is 0.454 e. The number of carbonyl (C=O) groups excluding carboxylic acids is 5. The van der Waals surface area contributed by atoms with E-state index in [0.717, 1.165) is 6.92 Å². The van der Waals surface area contributed by atoms with Crippen molar-refractivity contribution >= 4 is 29.6 Å². The number of aliphatic hydroxyl groups is 3. The lowest BCUT2D eigenvalue weighted by Gasteiger charge is -2.41. The Morgan fingerprint density at radius 1 is 0.974 bits per heavy atom. The second kappa shape index (κ2) is 17.7. The molecule has 15 heteroatoms. The SMILES string of the molecule is CC(=O)N[C@H](C)C(=O)N[C@@H](CCC(N)=O)C(=O)NCCCCCCO[C@@H]1O[C@H](CO)[C@@H](O)[C@H](O)[C@@H]1OC(C)=O. The zero-order valence-electron chi connectivity index (χ0n) is 22.6. The minimum absolute atomic E-state index is 0.0114. The molecule has 15 nitrogen and oxygen atoms in total. The molecule has 0 aromatic rings. The van der Waals surface area contributed by atoms with Crippen molar-refractivity contribution in [2.45, 2.75) is 102 Å². The van der Waals surface area contributed by atoms with Crippen molar-refractivity contribution in [2.75, 3.05) is 19.8 Å². The Kier molecular flexibility index (Phi) is 15.5.